The summed E-state index contributed by atoms with van der Waals surface area (Å²) in [6, 6.07) is 18.1. The number of carbonyl (C=O) groups is 3. The number of imide groups is 1. The van der Waals surface area contributed by atoms with E-state index in [1.54, 1.807) is 22.9 Å². The second kappa shape index (κ2) is 8.82. The van der Waals surface area contributed by atoms with E-state index < -0.39 is 29.9 Å². The van der Waals surface area contributed by atoms with Gasteiger partial charge in [-0.25, -0.2) is 9.48 Å². The Morgan fingerprint density at radius 1 is 1.08 bits per heavy atom. The number of urea groups is 1. The van der Waals surface area contributed by atoms with Crippen molar-refractivity contribution in [3.8, 4) is 11.4 Å². The van der Waals surface area contributed by atoms with E-state index in [1.165, 1.54) is 12.8 Å². The maximum atomic E-state index is 13.5. The number of nitrogens with one attached hydrogen (secondary N) is 2. The van der Waals surface area contributed by atoms with Crippen molar-refractivity contribution < 1.29 is 19.1 Å². The topological polar surface area (TPSA) is 106 Å². The normalized spacial score (nSPS) is 21.4. The predicted molar refractivity (Wildman–Crippen MR) is 132 cm³/mol. The molecule has 9 heteroatoms. The van der Waals surface area contributed by atoms with Gasteiger partial charge in [-0.05, 0) is 31.0 Å². The summed E-state index contributed by atoms with van der Waals surface area (Å²) in [5, 5.41) is 10.5. The number of ether oxygens (including phenoxy) is 1. The molecule has 3 aromatic rings. The van der Waals surface area contributed by atoms with Gasteiger partial charge in [0.1, 0.15) is 18.1 Å². The molecule has 2 fully saturated rings. The molecule has 1 spiro atoms. The Labute approximate surface area is 208 Å². The van der Waals surface area contributed by atoms with Gasteiger partial charge in [-0.2, -0.15) is 5.10 Å². The highest BCUT2D eigenvalue weighted by molar-refractivity contribution is 6.10. The van der Waals surface area contributed by atoms with Gasteiger partial charge >= 0.3 is 6.03 Å². The van der Waals surface area contributed by atoms with Crippen LogP contribution in [-0.4, -0.2) is 45.7 Å². The SMILES string of the molecule is O=C(CN1C(=O)N[C@@]2(CCOc3ccccc32)C1=O)Nc1cc(C2CCCC2)nn1-c1ccccc1. The van der Waals surface area contributed by atoms with Crippen LogP contribution in [0.25, 0.3) is 5.69 Å². The van der Waals surface area contributed by atoms with E-state index in [0.717, 1.165) is 29.1 Å². The highest BCUT2D eigenvalue weighted by atomic mass is 16.5. The number of rotatable bonds is 5. The summed E-state index contributed by atoms with van der Waals surface area (Å²) in [6.07, 6.45) is 4.81. The van der Waals surface area contributed by atoms with Crippen LogP contribution in [0.5, 0.6) is 5.75 Å². The first kappa shape index (κ1) is 22.3. The molecular formula is C27H27N5O4. The van der Waals surface area contributed by atoms with Crippen molar-refractivity contribution in [3.05, 3.63) is 71.9 Å². The zero-order valence-electron chi connectivity index (χ0n) is 19.8. The molecule has 9 nitrogen and oxygen atoms in total. The Morgan fingerprint density at radius 2 is 1.83 bits per heavy atom. The number of hydrogen-bond donors (Lipinski definition) is 2. The number of nitrogens with zero attached hydrogens (tertiary/aromatic N) is 3. The van der Waals surface area contributed by atoms with Gasteiger partial charge in [-0.15, -0.1) is 0 Å². The minimum atomic E-state index is -1.21. The summed E-state index contributed by atoms with van der Waals surface area (Å²) in [7, 11) is 0. The number of benzene rings is 2. The summed E-state index contributed by atoms with van der Waals surface area (Å²) >= 11 is 0. The summed E-state index contributed by atoms with van der Waals surface area (Å²) in [5.41, 5.74) is 1.17. The number of anilines is 1. The van der Waals surface area contributed by atoms with Crippen LogP contribution in [0.4, 0.5) is 10.6 Å². The fraction of sp³-hybridized carbons (Fsp3) is 0.333. The van der Waals surface area contributed by atoms with E-state index in [1.807, 2.05) is 42.5 Å². The third-order valence-corrected chi connectivity index (χ3v) is 7.33. The number of carbonyl (C=O) groups excluding carboxylic acids is 3. The van der Waals surface area contributed by atoms with Gasteiger partial charge in [0.25, 0.3) is 5.91 Å². The zero-order chi connectivity index (χ0) is 24.7. The molecular weight excluding hydrogens is 458 g/mol. The second-order valence-electron chi connectivity index (χ2n) is 9.55. The first-order valence-corrected chi connectivity index (χ1v) is 12.4. The van der Waals surface area contributed by atoms with Crippen LogP contribution in [0.1, 0.15) is 49.3 Å². The Hall–Kier alpha value is -4.14. The molecule has 1 aliphatic carbocycles. The number of aromatic nitrogens is 2. The molecule has 1 saturated heterocycles. The van der Waals surface area contributed by atoms with Crippen LogP contribution in [0.2, 0.25) is 0 Å². The van der Waals surface area contributed by atoms with E-state index in [2.05, 4.69) is 10.6 Å². The molecule has 0 unspecified atom stereocenters. The summed E-state index contributed by atoms with van der Waals surface area (Å²) in [6.45, 7) is -0.0998. The molecule has 6 rings (SSSR count). The van der Waals surface area contributed by atoms with Crippen molar-refractivity contribution in [2.75, 3.05) is 18.5 Å². The van der Waals surface area contributed by atoms with Crippen molar-refractivity contribution in [3.63, 3.8) is 0 Å². The number of para-hydroxylation sites is 2. The Bertz CT molecular complexity index is 1330. The lowest BCUT2D eigenvalue weighted by Gasteiger charge is -2.33. The van der Waals surface area contributed by atoms with Gasteiger partial charge in [0.2, 0.25) is 5.91 Å². The van der Waals surface area contributed by atoms with E-state index in [-0.39, 0.29) is 0 Å². The molecule has 0 radical (unpaired) electrons. The quantitative estimate of drug-likeness (QED) is 0.536. The van der Waals surface area contributed by atoms with Gasteiger partial charge < -0.3 is 15.4 Å². The van der Waals surface area contributed by atoms with E-state index in [4.69, 9.17) is 9.84 Å². The highest BCUT2D eigenvalue weighted by Gasteiger charge is 2.55. The minimum absolute atomic E-state index is 0.295. The smallest absolute Gasteiger partial charge is 0.325 e. The first-order chi connectivity index (χ1) is 17.5. The van der Waals surface area contributed by atoms with Crippen molar-refractivity contribution in [1.29, 1.82) is 0 Å². The van der Waals surface area contributed by atoms with E-state index >= 15 is 0 Å². The van der Waals surface area contributed by atoms with Gasteiger partial charge in [-0.3, -0.25) is 14.5 Å². The lowest BCUT2D eigenvalue weighted by Crippen LogP contribution is -2.48. The van der Waals surface area contributed by atoms with Crippen LogP contribution in [0, 0.1) is 0 Å². The van der Waals surface area contributed by atoms with Crippen molar-refractivity contribution in [2.24, 2.45) is 0 Å². The van der Waals surface area contributed by atoms with Crippen molar-refractivity contribution in [1.82, 2.24) is 20.0 Å². The fourth-order valence-corrected chi connectivity index (χ4v) is 5.52. The molecule has 2 aromatic carbocycles. The standard InChI is InChI=1S/C27H27N5O4/c33-24(17-31-25(34)27(29-26(31)35)14-15-36-22-13-7-6-12-20(22)27)28-23-16-21(18-8-4-5-9-18)30-32(23)19-10-2-1-3-11-19/h1-3,6-7,10-13,16,18H,4-5,8-9,14-15,17H2,(H,28,33)(H,29,35)/t27-/m1/s1. The zero-order valence-corrected chi connectivity index (χ0v) is 19.8. The average Bonchev–Trinajstić information content (AvgIpc) is 3.62. The second-order valence-corrected chi connectivity index (χ2v) is 9.55. The summed E-state index contributed by atoms with van der Waals surface area (Å²) in [4.78, 5) is 40.5. The van der Waals surface area contributed by atoms with Crippen LogP contribution >= 0.6 is 0 Å². The van der Waals surface area contributed by atoms with Gasteiger partial charge in [0, 0.05) is 24.0 Å². The van der Waals surface area contributed by atoms with Crippen LogP contribution in [-0.2, 0) is 15.1 Å². The van der Waals surface area contributed by atoms with Crippen molar-refractivity contribution in [2.45, 2.75) is 43.6 Å². The first-order valence-electron chi connectivity index (χ1n) is 12.4. The number of hydrogen-bond acceptors (Lipinski definition) is 5. The average molecular weight is 486 g/mol. The van der Waals surface area contributed by atoms with Crippen LogP contribution in [0.15, 0.2) is 60.7 Å². The van der Waals surface area contributed by atoms with Gasteiger partial charge in [0.05, 0.1) is 18.0 Å². The lowest BCUT2D eigenvalue weighted by atomic mass is 9.84. The van der Waals surface area contributed by atoms with Gasteiger partial charge in [-0.1, -0.05) is 49.2 Å². The largest absolute Gasteiger partial charge is 0.493 e. The molecule has 1 atom stereocenters. The molecule has 1 aromatic heterocycles. The predicted octanol–water partition coefficient (Wildman–Crippen LogP) is 3.70. The number of amides is 4. The molecule has 36 heavy (non-hydrogen) atoms. The van der Waals surface area contributed by atoms with E-state index in [9.17, 15) is 14.4 Å². The monoisotopic (exact) mass is 485 g/mol. The molecule has 0 bridgehead atoms. The molecule has 2 aliphatic heterocycles. The van der Waals surface area contributed by atoms with Crippen LogP contribution in [0.3, 0.4) is 0 Å². The Kier molecular flexibility index (Phi) is 5.47. The molecule has 184 valence electrons. The Morgan fingerprint density at radius 3 is 2.64 bits per heavy atom. The summed E-state index contributed by atoms with van der Waals surface area (Å²) < 4.78 is 7.39. The molecule has 1 saturated carbocycles. The minimum Gasteiger partial charge on any atom is -0.493 e. The number of fused-ring (bicyclic) bond motifs is 2. The molecule has 4 amide bonds. The molecule has 3 heterocycles. The highest BCUT2D eigenvalue weighted by Crippen LogP contribution is 2.41. The Balaban J connectivity index is 1.24. The lowest BCUT2D eigenvalue weighted by molar-refractivity contribution is -0.135. The summed E-state index contributed by atoms with van der Waals surface area (Å²) in [5.74, 6) is 0.541. The fourth-order valence-electron chi connectivity index (χ4n) is 5.52. The maximum Gasteiger partial charge on any atom is 0.325 e. The third kappa shape index (κ3) is 3.71. The molecule has 3 aliphatic rings. The third-order valence-electron chi connectivity index (χ3n) is 7.33. The maximum absolute atomic E-state index is 13.5. The molecule has 2 N–H and O–H groups in total. The van der Waals surface area contributed by atoms with Crippen molar-refractivity contribution >= 4 is 23.7 Å². The van der Waals surface area contributed by atoms with E-state index in [0.29, 0.717) is 36.1 Å². The van der Waals surface area contributed by atoms with Gasteiger partial charge in [0.15, 0.2) is 5.54 Å². The van der Waals surface area contributed by atoms with Crippen LogP contribution < -0.4 is 15.4 Å².